The van der Waals surface area contributed by atoms with Gasteiger partial charge in [-0.25, -0.2) is 4.79 Å². The summed E-state index contributed by atoms with van der Waals surface area (Å²) in [6.07, 6.45) is 0.610. The maximum absolute atomic E-state index is 12.9. The van der Waals surface area contributed by atoms with Crippen LogP contribution in [0.15, 0.2) is 30.3 Å². The molecule has 2 rings (SSSR count). The highest BCUT2D eigenvalue weighted by Crippen LogP contribution is 2.35. The number of carbonyl (C=O) groups is 3. The van der Waals surface area contributed by atoms with Gasteiger partial charge < -0.3 is 15.0 Å². The predicted molar refractivity (Wildman–Crippen MR) is 111 cm³/mol. The van der Waals surface area contributed by atoms with Gasteiger partial charge in [0.1, 0.15) is 5.00 Å². The van der Waals surface area contributed by atoms with Crippen molar-refractivity contribution in [2.75, 3.05) is 26.0 Å². The Hall–Kier alpha value is -2.67. The van der Waals surface area contributed by atoms with Crippen LogP contribution in [0.25, 0.3) is 0 Å². The first kappa shape index (κ1) is 21.6. The first-order valence-corrected chi connectivity index (χ1v) is 10.0. The summed E-state index contributed by atoms with van der Waals surface area (Å²) in [4.78, 5) is 39.8. The van der Waals surface area contributed by atoms with Crippen LogP contribution in [-0.2, 0) is 9.53 Å². The Balaban J connectivity index is 2.42. The molecule has 1 heterocycles. The number of hydrogen-bond donors (Lipinski definition) is 1. The van der Waals surface area contributed by atoms with Crippen molar-refractivity contribution >= 4 is 34.1 Å². The SMILES string of the molecule is CCOC(=O)c1c(NC(=O)C(CC)c2ccccc2)sc(C(=O)N(C)C)c1C. The fourth-order valence-corrected chi connectivity index (χ4v) is 4.13. The fourth-order valence-electron chi connectivity index (χ4n) is 2.91. The maximum atomic E-state index is 12.9. The van der Waals surface area contributed by atoms with Crippen molar-refractivity contribution in [1.29, 1.82) is 0 Å². The van der Waals surface area contributed by atoms with E-state index in [-0.39, 0.29) is 29.9 Å². The first-order valence-electron chi connectivity index (χ1n) is 9.19. The van der Waals surface area contributed by atoms with Gasteiger partial charge in [0.25, 0.3) is 5.91 Å². The zero-order valence-electron chi connectivity index (χ0n) is 16.9. The van der Waals surface area contributed by atoms with E-state index in [1.54, 1.807) is 27.9 Å². The van der Waals surface area contributed by atoms with Crippen LogP contribution in [0, 0.1) is 6.92 Å². The molecule has 0 saturated heterocycles. The largest absolute Gasteiger partial charge is 0.462 e. The summed E-state index contributed by atoms with van der Waals surface area (Å²) < 4.78 is 5.15. The summed E-state index contributed by atoms with van der Waals surface area (Å²) in [6.45, 7) is 5.56. The number of hydrogen-bond acceptors (Lipinski definition) is 5. The quantitative estimate of drug-likeness (QED) is 0.709. The number of esters is 1. The zero-order chi connectivity index (χ0) is 20.8. The van der Waals surface area contributed by atoms with Crippen LogP contribution in [0.1, 0.15) is 57.3 Å². The third-order valence-corrected chi connectivity index (χ3v) is 5.59. The average molecular weight is 403 g/mol. The minimum atomic E-state index is -0.544. The number of carbonyl (C=O) groups excluding carboxylic acids is 3. The molecule has 0 bridgehead atoms. The molecule has 1 unspecified atom stereocenters. The molecule has 0 fully saturated rings. The number of benzene rings is 1. The lowest BCUT2D eigenvalue weighted by Crippen LogP contribution is -2.21. The van der Waals surface area contributed by atoms with Crippen molar-refractivity contribution in [3.8, 4) is 0 Å². The zero-order valence-corrected chi connectivity index (χ0v) is 17.7. The van der Waals surface area contributed by atoms with E-state index in [9.17, 15) is 14.4 Å². The van der Waals surface area contributed by atoms with Crippen LogP contribution in [0.3, 0.4) is 0 Å². The number of rotatable bonds is 7. The smallest absolute Gasteiger partial charge is 0.341 e. The molecule has 7 heteroatoms. The van der Waals surface area contributed by atoms with Crippen molar-refractivity contribution in [1.82, 2.24) is 4.90 Å². The van der Waals surface area contributed by atoms with E-state index < -0.39 is 5.97 Å². The summed E-state index contributed by atoms with van der Waals surface area (Å²) in [5, 5.41) is 3.21. The minimum absolute atomic E-state index is 0.208. The molecule has 1 aromatic carbocycles. The molecule has 2 aromatic rings. The lowest BCUT2D eigenvalue weighted by atomic mass is 9.95. The van der Waals surface area contributed by atoms with Crippen molar-refractivity contribution < 1.29 is 19.1 Å². The number of thiophene rings is 1. The molecule has 0 spiro atoms. The lowest BCUT2D eigenvalue weighted by Gasteiger charge is -2.15. The fraction of sp³-hybridized carbons (Fsp3) is 0.381. The monoisotopic (exact) mass is 402 g/mol. The number of anilines is 1. The summed E-state index contributed by atoms with van der Waals surface area (Å²) >= 11 is 1.10. The standard InChI is InChI=1S/C21H26N2O4S/c1-6-15(14-11-9-8-10-12-14)18(24)22-19-16(21(26)27-7-2)13(3)17(28-19)20(25)23(4)5/h8-12,15H,6-7H2,1-5H3,(H,22,24). The molecule has 2 amide bonds. The Morgan fingerprint density at radius 1 is 1.14 bits per heavy atom. The topological polar surface area (TPSA) is 75.7 Å². The van der Waals surface area contributed by atoms with Crippen molar-refractivity contribution in [2.24, 2.45) is 0 Å². The second-order valence-electron chi connectivity index (χ2n) is 6.54. The third kappa shape index (κ3) is 4.59. The Labute approximate surface area is 169 Å². The second kappa shape index (κ2) is 9.50. The molecule has 0 aliphatic heterocycles. The highest BCUT2D eigenvalue weighted by atomic mass is 32.1. The van der Waals surface area contributed by atoms with E-state index in [2.05, 4.69) is 5.32 Å². The maximum Gasteiger partial charge on any atom is 0.341 e. The Morgan fingerprint density at radius 3 is 2.32 bits per heavy atom. The number of amides is 2. The Kier molecular flexibility index (Phi) is 7.34. The van der Waals surface area contributed by atoms with Crippen LogP contribution >= 0.6 is 11.3 Å². The minimum Gasteiger partial charge on any atom is -0.462 e. The Morgan fingerprint density at radius 2 is 1.79 bits per heavy atom. The van der Waals surface area contributed by atoms with Gasteiger partial charge in [-0.1, -0.05) is 37.3 Å². The summed E-state index contributed by atoms with van der Waals surface area (Å²) in [7, 11) is 3.29. The summed E-state index contributed by atoms with van der Waals surface area (Å²) in [5.41, 5.74) is 1.66. The summed E-state index contributed by atoms with van der Waals surface area (Å²) in [5.74, 6) is -1.34. The lowest BCUT2D eigenvalue weighted by molar-refractivity contribution is -0.117. The predicted octanol–water partition coefficient (Wildman–Crippen LogP) is 4.07. The van der Waals surface area contributed by atoms with E-state index in [0.29, 0.717) is 21.9 Å². The van der Waals surface area contributed by atoms with Crippen molar-refractivity contribution in [3.05, 3.63) is 51.9 Å². The molecular formula is C21H26N2O4S. The molecule has 0 aliphatic rings. The molecule has 0 radical (unpaired) electrons. The van der Waals surface area contributed by atoms with Gasteiger partial charge in [-0.05, 0) is 31.4 Å². The molecular weight excluding hydrogens is 376 g/mol. The number of nitrogens with one attached hydrogen (secondary N) is 1. The van der Waals surface area contributed by atoms with Gasteiger partial charge in [-0.15, -0.1) is 11.3 Å². The van der Waals surface area contributed by atoms with Gasteiger partial charge in [0, 0.05) is 14.1 Å². The van der Waals surface area contributed by atoms with E-state index in [1.165, 1.54) is 4.90 Å². The molecule has 150 valence electrons. The molecule has 1 atom stereocenters. The first-order chi connectivity index (χ1) is 13.3. The average Bonchev–Trinajstić information content (AvgIpc) is 2.98. The van der Waals surface area contributed by atoms with Crippen molar-refractivity contribution in [3.63, 3.8) is 0 Å². The number of nitrogens with zero attached hydrogens (tertiary/aromatic N) is 1. The molecule has 0 saturated carbocycles. The van der Waals surface area contributed by atoms with Gasteiger partial charge in [-0.2, -0.15) is 0 Å². The van der Waals surface area contributed by atoms with E-state index in [0.717, 1.165) is 16.9 Å². The van der Waals surface area contributed by atoms with Gasteiger partial charge in [-0.3, -0.25) is 9.59 Å². The van der Waals surface area contributed by atoms with Gasteiger partial charge in [0.05, 0.1) is 23.0 Å². The van der Waals surface area contributed by atoms with Crippen LogP contribution in [0.2, 0.25) is 0 Å². The van der Waals surface area contributed by atoms with Crippen LogP contribution < -0.4 is 5.32 Å². The third-order valence-electron chi connectivity index (χ3n) is 4.39. The highest BCUT2D eigenvalue weighted by molar-refractivity contribution is 7.18. The molecule has 6 nitrogen and oxygen atoms in total. The van der Waals surface area contributed by atoms with Gasteiger partial charge >= 0.3 is 5.97 Å². The Bertz CT molecular complexity index is 859. The van der Waals surface area contributed by atoms with E-state index in [4.69, 9.17) is 4.74 Å². The highest BCUT2D eigenvalue weighted by Gasteiger charge is 2.29. The normalized spacial score (nSPS) is 11.6. The second-order valence-corrected chi connectivity index (χ2v) is 7.56. The molecule has 1 aromatic heterocycles. The van der Waals surface area contributed by atoms with Gasteiger partial charge in [0.15, 0.2) is 0 Å². The molecule has 0 aliphatic carbocycles. The van der Waals surface area contributed by atoms with Crippen molar-refractivity contribution in [2.45, 2.75) is 33.1 Å². The van der Waals surface area contributed by atoms with E-state index >= 15 is 0 Å². The number of ether oxygens (including phenoxy) is 1. The van der Waals surface area contributed by atoms with Crippen LogP contribution in [0.5, 0.6) is 0 Å². The van der Waals surface area contributed by atoms with Crippen LogP contribution in [-0.4, -0.2) is 43.4 Å². The van der Waals surface area contributed by atoms with Crippen LogP contribution in [0.4, 0.5) is 5.00 Å². The summed E-state index contributed by atoms with van der Waals surface area (Å²) in [6, 6.07) is 9.48. The van der Waals surface area contributed by atoms with E-state index in [1.807, 2.05) is 37.3 Å². The molecule has 28 heavy (non-hydrogen) atoms. The van der Waals surface area contributed by atoms with Gasteiger partial charge in [0.2, 0.25) is 5.91 Å². The molecule has 1 N–H and O–H groups in total.